The van der Waals surface area contributed by atoms with Crippen LogP contribution in [0.15, 0.2) is 5.38 Å². The van der Waals surface area contributed by atoms with E-state index >= 15 is 0 Å². The van der Waals surface area contributed by atoms with Gasteiger partial charge in [-0.05, 0) is 12.8 Å². The van der Waals surface area contributed by atoms with Gasteiger partial charge in [0.25, 0.3) is 0 Å². The van der Waals surface area contributed by atoms with Gasteiger partial charge in [0.15, 0.2) is 5.13 Å². The first kappa shape index (κ1) is 13.3. The first-order valence-corrected chi connectivity index (χ1v) is 7.01. The van der Waals surface area contributed by atoms with E-state index in [0.29, 0.717) is 12.5 Å². The SMILES string of the molecule is CN(c1nc(CCC(=O)O)cs1)C1CCOCC1. The molecule has 0 radical (unpaired) electrons. The number of thiazole rings is 1. The molecule has 0 saturated carbocycles. The summed E-state index contributed by atoms with van der Waals surface area (Å²) in [4.78, 5) is 17.2. The fourth-order valence-corrected chi connectivity index (χ4v) is 2.93. The number of anilines is 1. The lowest BCUT2D eigenvalue weighted by Gasteiger charge is -2.30. The molecule has 0 bridgehead atoms. The van der Waals surface area contributed by atoms with Crippen LogP contribution in [-0.4, -0.2) is 42.4 Å². The van der Waals surface area contributed by atoms with E-state index in [1.165, 1.54) is 0 Å². The standard InChI is InChI=1S/C12H18N2O3S/c1-14(10-4-6-17-7-5-10)12-13-9(8-18-12)2-3-11(15)16/h8,10H,2-7H2,1H3,(H,15,16). The number of carboxylic acid groups (broad SMARTS) is 1. The molecule has 0 atom stereocenters. The molecule has 6 heteroatoms. The van der Waals surface area contributed by atoms with Crippen LogP contribution in [0.2, 0.25) is 0 Å². The van der Waals surface area contributed by atoms with Gasteiger partial charge in [0.05, 0.1) is 12.1 Å². The van der Waals surface area contributed by atoms with Crippen molar-refractivity contribution in [2.24, 2.45) is 0 Å². The summed E-state index contributed by atoms with van der Waals surface area (Å²) in [5.41, 5.74) is 0.872. The van der Waals surface area contributed by atoms with Crippen LogP contribution in [0.25, 0.3) is 0 Å². The molecule has 0 amide bonds. The van der Waals surface area contributed by atoms with Gasteiger partial charge < -0.3 is 14.7 Å². The molecule has 1 aromatic heterocycles. The summed E-state index contributed by atoms with van der Waals surface area (Å²) in [6.07, 6.45) is 2.71. The van der Waals surface area contributed by atoms with E-state index in [2.05, 4.69) is 16.9 Å². The second kappa shape index (κ2) is 6.15. The Hall–Kier alpha value is -1.14. The van der Waals surface area contributed by atoms with E-state index in [4.69, 9.17) is 9.84 Å². The fourth-order valence-electron chi connectivity index (χ4n) is 2.04. The van der Waals surface area contributed by atoms with Gasteiger partial charge in [-0.15, -0.1) is 11.3 Å². The molecule has 1 fully saturated rings. The minimum Gasteiger partial charge on any atom is -0.481 e. The number of aromatic nitrogens is 1. The van der Waals surface area contributed by atoms with Gasteiger partial charge in [-0.3, -0.25) is 4.79 Å². The topological polar surface area (TPSA) is 62.7 Å². The largest absolute Gasteiger partial charge is 0.481 e. The van der Waals surface area contributed by atoms with Crippen molar-refractivity contribution in [1.82, 2.24) is 4.98 Å². The maximum absolute atomic E-state index is 10.5. The molecule has 100 valence electrons. The smallest absolute Gasteiger partial charge is 0.303 e. The number of hydrogen-bond acceptors (Lipinski definition) is 5. The average Bonchev–Trinajstić information content (AvgIpc) is 2.85. The van der Waals surface area contributed by atoms with Crippen LogP contribution in [0.3, 0.4) is 0 Å². The van der Waals surface area contributed by atoms with E-state index in [9.17, 15) is 4.79 Å². The summed E-state index contributed by atoms with van der Waals surface area (Å²) < 4.78 is 5.35. The predicted molar refractivity (Wildman–Crippen MR) is 70.3 cm³/mol. The highest BCUT2D eigenvalue weighted by Crippen LogP contribution is 2.25. The second-order valence-electron chi connectivity index (χ2n) is 4.47. The highest BCUT2D eigenvalue weighted by molar-refractivity contribution is 7.13. The zero-order chi connectivity index (χ0) is 13.0. The number of hydrogen-bond donors (Lipinski definition) is 1. The quantitative estimate of drug-likeness (QED) is 0.883. The molecular formula is C12H18N2O3S. The maximum Gasteiger partial charge on any atom is 0.303 e. The third kappa shape index (κ3) is 3.43. The molecule has 1 aliphatic heterocycles. The molecule has 2 heterocycles. The Morgan fingerprint density at radius 2 is 2.33 bits per heavy atom. The van der Waals surface area contributed by atoms with Crippen LogP contribution >= 0.6 is 11.3 Å². The third-order valence-corrected chi connectivity index (χ3v) is 4.15. The predicted octanol–water partition coefficient (Wildman–Crippen LogP) is 1.78. The van der Waals surface area contributed by atoms with Crippen molar-refractivity contribution in [2.75, 3.05) is 25.2 Å². The number of rotatable bonds is 5. The molecule has 0 spiro atoms. The lowest BCUT2D eigenvalue weighted by molar-refractivity contribution is -0.136. The number of carbonyl (C=O) groups is 1. The van der Waals surface area contributed by atoms with Crippen molar-refractivity contribution < 1.29 is 14.6 Å². The molecule has 0 unspecified atom stereocenters. The number of aryl methyl sites for hydroxylation is 1. The Balaban J connectivity index is 1.93. The van der Waals surface area contributed by atoms with Crippen molar-refractivity contribution in [3.63, 3.8) is 0 Å². The van der Waals surface area contributed by atoms with Crippen LogP contribution in [0.5, 0.6) is 0 Å². The van der Waals surface area contributed by atoms with Gasteiger partial charge in [0.2, 0.25) is 0 Å². The van der Waals surface area contributed by atoms with Gasteiger partial charge in [0, 0.05) is 38.1 Å². The average molecular weight is 270 g/mol. The number of ether oxygens (including phenoxy) is 1. The molecule has 2 rings (SSSR count). The van der Waals surface area contributed by atoms with Crippen LogP contribution in [-0.2, 0) is 16.0 Å². The molecule has 1 N–H and O–H groups in total. The highest BCUT2D eigenvalue weighted by Gasteiger charge is 2.20. The van der Waals surface area contributed by atoms with Crippen molar-refractivity contribution in [3.05, 3.63) is 11.1 Å². The molecule has 18 heavy (non-hydrogen) atoms. The van der Waals surface area contributed by atoms with Gasteiger partial charge in [-0.1, -0.05) is 0 Å². The highest BCUT2D eigenvalue weighted by atomic mass is 32.1. The number of aliphatic carboxylic acids is 1. The number of carboxylic acids is 1. The summed E-state index contributed by atoms with van der Waals surface area (Å²) in [5.74, 6) is -0.776. The molecule has 5 nitrogen and oxygen atoms in total. The van der Waals surface area contributed by atoms with Gasteiger partial charge >= 0.3 is 5.97 Å². The van der Waals surface area contributed by atoms with Crippen LogP contribution in [0, 0.1) is 0 Å². The maximum atomic E-state index is 10.5. The molecule has 0 aromatic carbocycles. The number of nitrogens with zero attached hydrogens (tertiary/aromatic N) is 2. The second-order valence-corrected chi connectivity index (χ2v) is 5.31. The summed E-state index contributed by atoms with van der Waals surface area (Å²) in [5, 5.41) is 11.6. The Morgan fingerprint density at radius 1 is 1.61 bits per heavy atom. The van der Waals surface area contributed by atoms with Crippen molar-refractivity contribution in [2.45, 2.75) is 31.7 Å². The van der Waals surface area contributed by atoms with Crippen LogP contribution in [0.1, 0.15) is 25.0 Å². The van der Waals surface area contributed by atoms with Gasteiger partial charge in [-0.25, -0.2) is 4.98 Å². The van der Waals surface area contributed by atoms with Gasteiger partial charge in [0.1, 0.15) is 0 Å². The Labute approximate surface area is 110 Å². The van der Waals surface area contributed by atoms with Crippen molar-refractivity contribution in [1.29, 1.82) is 0 Å². The molecule has 1 aliphatic rings. The Kier molecular flexibility index (Phi) is 4.54. The van der Waals surface area contributed by atoms with E-state index in [0.717, 1.165) is 36.9 Å². The van der Waals surface area contributed by atoms with Crippen LogP contribution in [0.4, 0.5) is 5.13 Å². The molecule has 1 aromatic rings. The monoisotopic (exact) mass is 270 g/mol. The summed E-state index contributed by atoms with van der Waals surface area (Å²) >= 11 is 1.58. The van der Waals surface area contributed by atoms with Gasteiger partial charge in [-0.2, -0.15) is 0 Å². The molecular weight excluding hydrogens is 252 g/mol. The fraction of sp³-hybridized carbons (Fsp3) is 0.667. The zero-order valence-electron chi connectivity index (χ0n) is 10.5. The molecule has 1 saturated heterocycles. The summed E-state index contributed by atoms with van der Waals surface area (Å²) in [6, 6.07) is 0.484. The Morgan fingerprint density at radius 3 is 3.00 bits per heavy atom. The minimum atomic E-state index is -0.776. The van der Waals surface area contributed by atoms with Crippen LogP contribution < -0.4 is 4.90 Å². The Bertz CT molecular complexity index is 402. The van der Waals surface area contributed by atoms with E-state index in [-0.39, 0.29) is 6.42 Å². The van der Waals surface area contributed by atoms with Crippen molar-refractivity contribution >= 4 is 22.4 Å². The normalized spacial score (nSPS) is 16.7. The summed E-state index contributed by atoms with van der Waals surface area (Å²) in [7, 11) is 2.05. The zero-order valence-corrected chi connectivity index (χ0v) is 11.3. The lowest BCUT2D eigenvalue weighted by Crippen LogP contribution is -2.36. The lowest BCUT2D eigenvalue weighted by atomic mass is 10.1. The van der Waals surface area contributed by atoms with Crippen molar-refractivity contribution in [3.8, 4) is 0 Å². The summed E-state index contributed by atoms with van der Waals surface area (Å²) in [6.45, 7) is 1.62. The first-order chi connectivity index (χ1) is 8.66. The molecule has 0 aliphatic carbocycles. The minimum absolute atomic E-state index is 0.143. The van der Waals surface area contributed by atoms with E-state index in [1.54, 1.807) is 11.3 Å². The first-order valence-electron chi connectivity index (χ1n) is 6.13. The van der Waals surface area contributed by atoms with E-state index < -0.39 is 5.97 Å². The third-order valence-electron chi connectivity index (χ3n) is 3.17. The van der Waals surface area contributed by atoms with E-state index in [1.807, 2.05) is 5.38 Å².